The lowest BCUT2D eigenvalue weighted by molar-refractivity contribution is -0.121. The monoisotopic (exact) mass is 224 g/mol. The minimum Gasteiger partial charge on any atom is -0.350 e. The van der Waals surface area contributed by atoms with Crippen LogP contribution >= 0.6 is 0 Å². The SMILES string of the molecule is CC(C)(CN)NC(=O)Cc1cccc(F)c1. The second-order valence-electron chi connectivity index (χ2n) is 4.44. The number of benzene rings is 1. The lowest BCUT2D eigenvalue weighted by Gasteiger charge is -2.24. The van der Waals surface area contributed by atoms with Crippen LogP contribution in [0.2, 0.25) is 0 Å². The van der Waals surface area contributed by atoms with E-state index >= 15 is 0 Å². The van der Waals surface area contributed by atoms with Crippen molar-refractivity contribution in [3.8, 4) is 0 Å². The fourth-order valence-electron chi connectivity index (χ4n) is 1.30. The molecule has 0 aliphatic rings. The molecule has 0 unspecified atom stereocenters. The number of carbonyl (C=O) groups is 1. The summed E-state index contributed by atoms with van der Waals surface area (Å²) in [6.45, 7) is 4.05. The number of hydrogen-bond acceptors (Lipinski definition) is 2. The van der Waals surface area contributed by atoms with E-state index in [2.05, 4.69) is 5.32 Å². The Morgan fingerprint density at radius 3 is 2.75 bits per heavy atom. The summed E-state index contributed by atoms with van der Waals surface area (Å²) in [6.07, 6.45) is 0.168. The Kier molecular flexibility index (Phi) is 4.01. The molecule has 0 fully saturated rings. The van der Waals surface area contributed by atoms with Gasteiger partial charge in [-0.2, -0.15) is 0 Å². The Morgan fingerprint density at radius 2 is 2.19 bits per heavy atom. The van der Waals surface area contributed by atoms with Crippen molar-refractivity contribution >= 4 is 5.91 Å². The quantitative estimate of drug-likeness (QED) is 0.808. The van der Waals surface area contributed by atoms with Gasteiger partial charge in [0.05, 0.1) is 6.42 Å². The van der Waals surface area contributed by atoms with Gasteiger partial charge >= 0.3 is 0 Å². The fraction of sp³-hybridized carbons (Fsp3) is 0.417. The standard InChI is InChI=1S/C12H17FN2O/c1-12(2,8-14)15-11(16)7-9-4-3-5-10(13)6-9/h3-6H,7-8,14H2,1-2H3,(H,15,16). The van der Waals surface area contributed by atoms with Gasteiger partial charge in [0, 0.05) is 12.1 Å². The molecule has 1 aromatic rings. The Morgan fingerprint density at radius 1 is 1.50 bits per heavy atom. The highest BCUT2D eigenvalue weighted by Crippen LogP contribution is 2.05. The molecule has 3 N–H and O–H groups in total. The summed E-state index contributed by atoms with van der Waals surface area (Å²) in [5.41, 5.74) is 5.73. The van der Waals surface area contributed by atoms with E-state index in [1.54, 1.807) is 12.1 Å². The zero-order valence-corrected chi connectivity index (χ0v) is 9.59. The molecule has 0 bridgehead atoms. The summed E-state index contributed by atoms with van der Waals surface area (Å²) in [5, 5.41) is 2.79. The molecule has 1 amide bonds. The Bertz CT molecular complexity index is 377. The Hall–Kier alpha value is -1.42. The number of hydrogen-bond donors (Lipinski definition) is 2. The molecule has 0 heterocycles. The number of amides is 1. The third-order valence-corrected chi connectivity index (χ3v) is 2.24. The summed E-state index contributed by atoms with van der Waals surface area (Å²) in [5.74, 6) is -0.482. The van der Waals surface area contributed by atoms with E-state index in [9.17, 15) is 9.18 Å². The topological polar surface area (TPSA) is 55.1 Å². The van der Waals surface area contributed by atoms with Crippen molar-refractivity contribution in [2.24, 2.45) is 5.73 Å². The molecule has 16 heavy (non-hydrogen) atoms. The zero-order chi connectivity index (χ0) is 12.2. The lowest BCUT2D eigenvalue weighted by atomic mass is 10.1. The Balaban J connectivity index is 2.59. The van der Waals surface area contributed by atoms with Crippen LogP contribution in [0.3, 0.4) is 0 Å². The van der Waals surface area contributed by atoms with Crippen LogP contribution in [-0.4, -0.2) is 18.0 Å². The molecule has 3 nitrogen and oxygen atoms in total. The van der Waals surface area contributed by atoms with Gasteiger partial charge in [-0.05, 0) is 31.5 Å². The van der Waals surface area contributed by atoms with E-state index in [1.165, 1.54) is 12.1 Å². The third-order valence-electron chi connectivity index (χ3n) is 2.24. The maximum absolute atomic E-state index is 12.9. The van der Waals surface area contributed by atoms with Crippen LogP contribution in [0.5, 0.6) is 0 Å². The van der Waals surface area contributed by atoms with E-state index in [0.29, 0.717) is 12.1 Å². The normalized spacial score (nSPS) is 11.2. The predicted molar refractivity (Wildman–Crippen MR) is 61.4 cm³/mol. The first-order chi connectivity index (χ1) is 7.43. The minimum atomic E-state index is -0.426. The highest BCUT2D eigenvalue weighted by Gasteiger charge is 2.18. The molecule has 0 aliphatic carbocycles. The number of nitrogens with two attached hydrogens (primary N) is 1. The Labute approximate surface area is 94.8 Å². The summed E-state index contributed by atoms with van der Waals surface area (Å²) < 4.78 is 12.9. The number of halogens is 1. The van der Waals surface area contributed by atoms with Gasteiger partial charge in [0.25, 0.3) is 0 Å². The van der Waals surface area contributed by atoms with Gasteiger partial charge < -0.3 is 11.1 Å². The van der Waals surface area contributed by atoms with E-state index in [1.807, 2.05) is 13.8 Å². The van der Waals surface area contributed by atoms with Gasteiger partial charge in [0.2, 0.25) is 5.91 Å². The number of carbonyl (C=O) groups excluding carboxylic acids is 1. The third kappa shape index (κ3) is 3.98. The molecule has 0 radical (unpaired) electrons. The summed E-state index contributed by atoms with van der Waals surface area (Å²) in [4.78, 5) is 11.6. The van der Waals surface area contributed by atoms with Gasteiger partial charge in [-0.1, -0.05) is 12.1 Å². The van der Waals surface area contributed by atoms with Gasteiger partial charge in [-0.15, -0.1) is 0 Å². The molecule has 0 saturated heterocycles. The van der Waals surface area contributed by atoms with Crippen LogP contribution in [0.1, 0.15) is 19.4 Å². The van der Waals surface area contributed by atoms with Crippen LogP contribution in [0, 0.1) is 5.82 Å². The van der Waals surface area contributed by atoms with Crippen molar-refractivity contribution < 1.29 is 9.18 Å². The highest BCUT2D eigenvalue weighted by molar-refractivity contribution is 5.79. The van der Waals surface area contributed by atoms with Crippen LogP contribution in [0.4, 0.5) is 4.39 Å². The highest BCUT2D eigenvalue weighted by atomic mass is 19.1. The van der Waals surface area contributed by atoms with E-state index < -0.39 is 5.54 Å². The molecule has 0 saturated carbocycles. The second kappa shape index (κ2) is 5.07. The lowest BCUT2D eigenvalue weighted by Crippen LogP contribution is -2.49. The molecular weight excluding hydrogens is 207 g/mol. The molecule has 0 aliphatic heterocycles. The summed E-state index contributed by atoms with van der Waals surface area (Å²) >= 11 is 0. The van der Waals surface area contributed by atoms with Gasteiger partial charge in [-0.25, -0.2) is 4.39 Å². The smallest absolute Gasteiger partial charge is 0.224 e. The van der Waals surface area contributed by atoms with E-state index in [-0.39, 0.29) is 18.1 Å². The van der Waals surface area contributed by atoms with Crippen molar-refractivity contribution in [3.05, 3.63) is 35.6 Å². The van der Waals surface area contributed by atoms with Crippen LogP contribution < -0.4 is 11.1 Å². The average molecular weight is 224 g/mol. The molecule has 0 aromatic heterocycles. The van der Waals surface area contributed by atoms with Crippen molar-refractivity contribution in [2.75, 3.05) is 6.54 Å². The molecule has 0 spiro atoms. The van der Waals surface area contributed by atoms with Crippen molar-refractivity contribution in [3.63, 3.8) is 0 Å². The van der Waals surface area contributed by atoms with Crippen LogP contribution in [0.25, 0.3) is 0 Å². The molecular formula is C12H17FN2O. The average Bonchev–Trinajstić information content (AvgIpc) is 2.16. The van der Waals surface area contributed by atoms with Crippen molar-refractivity contribution in [1.29, 1.82) is 0 Å². The summed E-state index contributed by atoms with van der Waals surface area (Å²) in [6, 6.07) is 6.02. The predicted octanol–water partition coefficient (Wildman–Crippen LogP) is 1.22. The number of rotatable bonds is 4. The summed E-state index contributed by atoms with van der Waals surface area (Å²) in [7, 11) is 0. The second-order valence-corrected chi connectivity index (χ2v) is 4.44. The maximum atomic E-state index is 12.9. The van der Waals surface area contributed by atoms with Crippen molar-refractivity contribution in [1.82, 2.24) is 5.32 Å². The van der Waals surface area contributed by atoms with Gasteiger partial charge in [0.15, 0.2) is 0 Å². The molecule has 88 valence electrons. The maximum Gasteiger partial charge on any atom is 0.224 e. The first kappa shape index (κ1) is 12.6. The van der Waals surface area contributed by atoms with Gasteiger partial charge in [0.1, 0.15) is 5.82 Å². The largest absolute Gasteiger partial charge is 0.350 e. The molecule has 1 aromatic carbocycles. The van der Waals surface area contributed by atoms with Crippen molar-refractivity contribution in [2.45, 2.75) is 25.8 Å². The van der Waals surface area contributed by atoms with E-state index in [4.69, 9.17) is 5.73 Å². The molecule has 0 atom stereocenters. The number of nitrogens with one attached hydrogen (secondary N) is 1. The minimum absolute atomic E-state index is 0.152. The van der Waals surface area contributed by atoms with Gasteiger partial charge in [-0.3, -0.25) is 4.79 Å². The van der Waals surface area contributed by atoms with E-state index in [0.717, 1.165) is 0 Å². The molecule has 4 heteroatoms. The fourth-order valence-corrected chi connectivity index (χ4v) is 1.30. The first-order valence-corrected chi connectivity index (χ1v) is 5.18. The molecule has 1 rings (SSSR count). The first-order valence-electron chi connectivity index (χ1n) is 5.18. The van der Waals surface area contributed by atoms with Crippen LogP contribution in [0.15, 0.2) is 24.3 Å². The van der Waals surface area contributed by atoms with Crippen LogP contribution in [-0.2, 0) is 11.2 Å². The zero-order valence-electron chi connectivity index (χ0n) is 9.59.